The molecule has 1 aliphatic rings. The number of primary amides is 1. The highest BCUT2D eigenvalue weighted by atomic mass is 79.9. The van der Waals surface area contributed by atoms with E-state index in [0.29, 0.717) is 18.5 Å². The second-order valence-electron chi connectivity index (χ2n) is 4.80. The maximum atomic E-state index is 10.8. The van der Waals surface area contributed by atoms with Gasteiger partial charge in [0.05, 0.1) is 24.0 Å². The van der Waals surface area contributed by atoms with Crippen LogP contribution in [0.3, 0.4) is 0 Å². The van der Waals surface area contributed by atoms with E-state index >= 15 is 0 Å². The molecule has 1 fully saturated rings. The Hall–Kier alpha value is -2.27. The van der Waals surface area contributed by atoms with Crippen LogP contribution in [0.2, 0.25) is 0 Å². The SMILES string of the molecule is N#Cc1cnn2cc(Br)cc(N3CCC(OC(N)=O)C3)c12. The zero-order valence-corrected chi connectivity index (χ0v) is 12.6. The first-order valence-electron chi connectivity index (χ1n) is 6.36. The van der Waals surface area contributed by atoms with E-state index in [1.807, 2.05) is 6.07 Å². The molecular formula is C13H12BrN5O2. The van der Waals surface area contributed by atoms with Crippen molar-refractivity contribution in [1.29, 1.82) is 5.26 Å². The van der Waals surface area contributed by atoms with Crippen LogP contribution < -0.4 is 10.6 Å². The number of halogens is 1. The number of pyridine rings is 1. The van der Waals surface area contributed by atoms with Gasteiger partial charge in [-0.25, -0.2) is 9.31 Å². The molecule has 1 atom stereocenters. The summed E-state index contributed by atoms with van der Waals surface area (Å²) in [6.45, 7) is 1.27. The predicted octanol–water partition coefficient (Wildman–Crippen LogP) is 1.64. The van der Waals surface area contributed by atoms with Crippen molar-refractivity contribution < 1.29 is 9.53 Å². The van der Waals surface area contributed by atoms with Gasteiger partial charge >= 0.3 is 6.09 Å². The first-order chi connectivity index (χ1) is 10.1. The van der Waals surface area contributed by atoms with E-state index in [-0.39, 0.29) is 6.10 Å². The molecule has 108 valence electrons. The van der Waals surface area contributed by atoms with Crippen LogP contribution in [0.25, 0.3) is 5.52 Å². The highest BCUT2D eigenvalue weighted by Gasteiger charge is 2.27. The number of amides is 1. The highest BCUT2D eigenvalue weighted by molar-refractivity contribution is 9.10. The number of aromatic nitrogens is 2. The molecule has 1 amide bonds. The number of fused-ring (bicyclic) bond motifs is 1. The molecule has 2 aromatic rings. The fourth-order valence-electron chi connectivity index (χ4n) is 2.60. The summed E-state index contributed by atoms with van der Waals surface area (Å²) in [7, 11) is 0. The van der Waals surface area contributed by atoms with Crippen molar-refractivity contribution in [3.63, 3.8) is 0 Å². The van der Waals surface area contributed by atoms with Gasteiger partial charge in [-0.15, -0.1) is 0 Å². The minimum atomic E-state index is -0.761. The van der Waals surface area contributed by atoms with Crippen LogP contribution in [0, 0.1) is 11.3 Å². The van der Waals surface area contributed by atoms with Crippen LogP contribution in [-0.2, 0) is 4.74 Å². The lowest BCUT2D eigenvalue weighted by Gasteiger charge is -2.20. The fraction of sp³-hybridized carbons (Fsp3) is 0.308. The zero-order chi connectivity index (χ0) is 15.0. The average Bonchev–Trinajstić information content (AvgIpc) is 3.03. The predicted molar refractivity (Wildman–Crippen MR) is 78.9 cm³/mol. The quantitative estimate of drug-likeness (QED) is 0.888. The van der Waals surface area contributed by atoms with Crippen molar-refractivity contribution in [3.05, 3.63) is 28.5 Å². The molecule has 0 aromatic carbocycles. The summed E-state index contributed by atoms with van der Waals surface area (Å²) >= 11 is 3.44. The molecule has 1 saturated heterocycles. The summed E-state index contributed by atoms with van der Waals surface area (Å²) in [6.07, 6.45) is 3.06. The molecular weight excluding hydrogens is 338 g/mol. The van der Waals surface area contributed by atoms with Crippen molar-refractivity contribution >= 4 is 33.2 Å². The number of carbonyl (C=O) groups excluding carboxylic acids is 1. The number of carbonyl (C=O) groups is 1. The average molecular weight is 350 g/mol. The number of nitrogens with zero attached hydrogens (tertiary/aromatic N) is 4. The second-order valence-corrected chi connectivity index (χ2v) is 5.72. The molecule has 0 saturated carbocycles. The Morgan fingerprint density at radius 3 is 3.14 bits per heavy atom. The standard InChI is InChI=1S/C13H12BrN5O2/c14-9-3-11(12-8(4-15)5-17-19(12)6-9)18-2-1-10(7-18)21-13(16)20/h3,5-6,10H,1-2,7H2,(H2,16,20). The van der Waals surface area contributed by atoms with Crippen molar-refractivity contribution in [2.45, 2.75) is 12.5 Å². The van der Waals surface area contributed by atoms with Crippen LogP contribution in [0.5, 0.6) is 0 Å². The first kappa shape index (κ1) is 13.7. The molecule has 0 radical (unpaired) electrons. The summed E-state index contributed by atoms with van der Waals surface area (Å²) in [5.41, 5.74) is 7.20. The number of hydrogen-bond donors (Lipinski definition) is 1. The van der Waals surface area contributed by atoms with Gasteiger partial charge in [-0.05, 0) is 22.0 Å². The number of rotatable bonds is 2. The molecule has 8 heteroatoms. The van der Waals surface area contributed by atoms with E-state index in [9.17, 15) is 10.1 Å². The first-order valence-corrected chi connectivity index (χ1v) is 7.16. The number of nitriles is 1. The summed E-state index contributed by atoms with van der Waals surface area (Å²) in [6, 6.07) is 4.08. The molecule has 1 aliphatic heterocycles. The maximum absolute atomic E-state index is 10.8. The Labute approximate surface area is 129 Å². The lowest BCUT2D eigenvalue weighted by molar-refractivity contribution is 0.117. The smallest absolute Gasteiger partial charge is 0.404 e. The van der Waals surface area contributed by atoms with E-state index in [1.165, 1.54) is 0 Å². The van der Waals surface area contributed by atoms with Gasteiger partial charge in [0.25, 0.3) is 0 Å². The molecule has 21 heavy (non-hydrogen) atoms. The molecule has 3 heterocycles. The third-order valence-electron chi connectivity index (χ3n) is 3.45. The van der Waals surface area contributed by atoms with E-state index in [2.05, 4.69) is 32.0 Å². The van der Waals surface area contributed by atoms with Crippen molar-refractivity contribution in [2.75, 3.05) is 18.0 Å². The van der Waals surface area contributed by atoms with Gasteiger partial charge in [0, 0.05) is 23.6 Å². The van der Waals surface area contributed by atoms with Gasteiger partial charge in [-0.3, -0.25) is 0 Å². The highest BCUT2D eigenvalue weighted by Crippen LogP contribution is 2.31. The summed E-state index contributed by atoms with van der Waals surface area (Å²) in [4.78, 5) is 12.9. The molecule has 0 spiro atoms. The van der Waals surface area contributed by atoms with E-state index in [0.717, 1.165) is 22.2 Å². The number of ether oxygens (including phenoxy) is 1. The van der Waals surface area contributed by atoms with Crippen LogP contribution >= 0.6 is 15.9 Å². The third kappa shape index (κ3) is 2.52. The zero-order valence-electron chi connectivity index (χ0n) is 11.0. The Bertz CT molecular complexity index is 751. The van der Waals surface area contributed by atoms with Crippen molar-refractivity contribution in [3.8, 4) is 6.07 Å². The minimum absolute atomic E-state index is 0.227. The maximum Gasteiger partial charge on any atom is 0.404 e. The Balaban J connectivity index is 1.99. The number of nitrogens with two attached hydrogens (primary N) is 1. The van der Waals surface area contributed by atoms with Gasteiger partial charge in [-0.2, -0.15) is 10.4 Å². The van der Waals surface area contributed by atoms with E-state index in [1.54, 1.807) is 16.9 Å². The summed E-state index contributed by atoms with van der Waals surface area (Å²) in [5.74, 6) is 0. The topological polar surface area (TPSA) is 96.7 Å². The Morgan fingerprint density at radius 1 is 1.62 bits per heavy atom. The fourth-order valence-corrected chi connectivity index (χ4v) is 3.01. The van der Waals surface area contributed by atoms with Crippen LogP contribution in [0.1, 0.15) is 12.0 Å². The van der Waals surface area contributed by atoms with Crippen LogP contribution in [0.4, 0.5) is 10.5 Å². The molecule has 7 nitrogen and oxygen atoms in total. The molecule has 1 unspecified atom stereocenters. The van der Waals surface area contributed by atoms with Gasteiger partial charge in [0.15, 0.2) is 0 Å². The van der Waals surface area contributed by atoms with Crippen molar-refractivity contribution in [1.82, 2.24) is 9.61 Å². The second kappa shape index (κ2) is 5.26. The largest absolute Gasteiger partial charge is 0.444 e. The summed E-state index contributed by atoms with van der Waals surface area (Å²) in [5, 5.41) is 13.4. The lowest BCUT2D eigenvalue weighted by atomic mass is 10.2. The van der Waals surface area contributed by atoms with Gasteiger partial charge < -0.3 is 15.4 Å². The normalized spacial score (nSPS) is 17.9. The van der Waals surface area contributed by atoms with Crippen LogP contribution in [-0.4, -0.2) is 34.9 Å². The van der Waals surface area contributed by atoms with E-state index < -0.39 is 6.09 Å². The van der Waals surface area contributed by atoms with E-state index in [4.69, 9.17) is 10.5 Å². The Kier molecular flexibility index (Phi) is 3.43. The monoisotopic (exact) mass is 349 g/mol. The van der Waals surface area contributed by atoms with Crippen LogP contribution in [0.15, 0.2) is 22.9 Å². The summed E-state index contributed by atoms with van der Waals surface area (Å²) < 4.78 is 7.57. The number of hydrogen-bond acceptors (Lipinski definition) is 5. The third-order valence-corrected chi connectivity index (χ3v) is 3.88. The molecule has 0 bridgehead atoms. The van der Waals surface area contributed by atoms with Crippen molar-refractivity contribution in [2.24, 2.45) is 5.73 Å². The minimum Gasteiger partial charge on any atom is -0.444 e. The van der Waals surface area contributed by atoms with Gasteiger partial charge in [0.2, 0.25) is 0 Å². The molecule has 0 aliphatic carbocycles. The van der Waals surface area contributed by atoms with Gasteiger partial charge in [0.1, 0.15) is 17.7 Å². The lowest BCUT2D eigenvalue weighted by Crippen LogP contribution is -2.27. The molecule has 2 aromatic heterocycles. The molecule has 3 rings (SSSR count). The Morgan fingerprint density at radius 2 is 2.43 bits per heavy atom. The molecule has 2 N–H and O–H groups in total. The number of anilines is 1. The van der Waals surface area contributed by atoms with Gasteiger partial charge in [-0.1, -0.05) is 0 Å².